The fourth-order valence-corrected chi connectivity index (χ4v) is 4.43. The second kappa shape index (κ2) is 9.47. The van der Waals surface area contributed by atoms with Gasteiger partial charge in [0.2, 0.25) is 5.91 Å². The third-order valence-electron chi connectivity index (χ3n) is 6.19. The topological polar surface area (TPSA) is 79.9 Å². The third kappa shape index (κ3) is 5.70. The van der Waals surface area contributed by atoms with Gasteiger partial charge in [0, 0.05) is 30.6 Å². The summed E-state index contributed by atoms with van der Waals surface area (Å²) in [6, 6.07) is 7.33. The highest BCUT2D eigenvalue weighted by Crippen LogP contribution is 2.31. The van der Waals surface area contributed by atoms with Gasteiger partial charge in [-0.25, -0.2) is 4.79 Å². The second-order valence-electron chi connectivity index (χ2n) is 9.83. The molecule has 2 aliphatic heterocycles. The smallest absolute Gasteiger partial charge is 0.410 e. The predicted molar refractivity (Wildman–Crippen MR) is 120 cm³/mol. The standard InChI is InChI=1S/C24H37N3O4/c1-15-11-13-27(23(29)31-24(4,5)6)17(3)21(15)25-16(2)22(28)26-19-12-14-30-20-10-8-7-9-18(19)20/h7-10,15-17,19,21,25H,11-14H2,1-6H3,(H,26,28)/t15-,16+,17-,19+,21-/m1/s1. The Morgan fingerprint density at radius 2 is 1.90 bits per heavy atom. The van der Waals surface area contributed by atoms with Crippen LogP contribution in [0.5, 0.6) is 5.75 Å². The van der Waals surface area contributed by atoms with Gasteiger partial charge in [0.1, 0.15) is 11.4 Å². The number of nitrogens with zero attached hydrogens (tertiary/aromatic N) is 1. The zero-order chi connectivity index (χ0) is 22.8. The molecule has 5 atom stereocenters. The molecule has 0 aromatic heterocycles. The van der Waals surface area contributed by atoms with Crippen LogP contribution >= 0.6 is 0 Å². The highest BCUT2D eigenvalue weighted by molar-refractivity contribution is 5.82. The van der Waals surface area contributed by atoms with Crippen molar-refractivity contribution in [2.45, 2.75) is 84.2 Å². The van der Waals surface area contributed by atoms with Crippen LogP contribution in [0.2, 0.25) is 0 Å². The number of ether oxygens (including phenoxy) is 2. The second-order valence-corrected chi connectivity index (χ2v) is 9.83. The first kappa shape index (κ1) is 23.4. The van der Waals surface area contributed by atoms with Crippen LogP contribution in [-0.2, 0) is 9.53 Å². The Morgan fingerprint density at radius 1 is 1.19 bits per heavy atom. The third-order valence-corrected chi connectivity index (χ3v) is 6.19. The summed E-state index contributed by atoms with van der Waals surface area (Å²) in [5.74, 6) is 1.13. The fraction of sp³-hybridized carbons (Fsp3) is 0.667. The normalized spacial score (nSPS) is 27.0. The highest BCUT2D eigenvalue weighted by atomic mass is 16.6. The summed E-state index contributed by atoms with van der Waals surface area (Å²) in [5.41, 5.74) is 0.487. The lowest BCUT2D eigenvalue weighted by molar-refractivity contribution is -0.124. The average Bonchev–Trinajstić information content (AvgIpc) is 2.69. The Bertz CT molecular complexity index is 791. The van der Waals surface area contributed by atoms with E-state index in [0.717, 1.165) is 24.2 Å². The van der Waals surface area contributed by atoms with Crippen LogP contribution in [0.25, 0.3) is 0 Å². The zero-order valence-electron chi connectivity index (χ0n) is 19.6. The maximum absolute atomic E-state index is 13.0. The van der Waals surface area contributed by atoms with E-state index in [0.29, 0.717) is 19.1 Å². The maximum atomic E-state index is 13.0. The highest BCUT2D eigenvalue weighted by Gasteiger charge is 2.38. The Morgan fingerprint density at radius 3 is 2.61 bits per heavy atom. The van der Waals surface area contributed by atoms with Crippen molar-refractivity contribution in [2.24, 2.45) is 5.92 Å². The molecule has 0 bridgehead atoms. The van der Waals surface area contributed by atoms with Crippen LogP contribution in [0.15, 0.2) is 24.3 Å². The van der Waals surface area contributed by atoms with Gasteiger partial charge in [-0.3, -0.25) is 4.79 Å². The Balaban J connectivity index is 1.62. The molecular formula is C24H37N3O4. The number of likely N-dealkylation sites (tertiary alicyclic amines) is 1. The van der Waals surface area contributed by atoms with Crippen molar-refractivity contribution in [3.63, 3.8) is 0 Å². The number of carbonyl (C=O) groups excluding carboxylic acids is 2. The minimum Gasteiger partial charge on any atom is -0.493 e. The first-order chi connectivity index (χ1) is 14.6. The summed E-state index contributed by atoms with van der Waals surface area (Å²) in [6.45, 7) is 12.9. The molecule has 0 radical (unpaired) electrons. The van der Waals surface area contributed by atoms with Crippen LogP contribution < -0.4 is 15.4 Å². The van der Waals surface area contributed by atoms with Crippen LogP contribution in [-0.4, -0.2) is 53.8 Å². The van der Waals surface area contributed by atoms with Crippen molar-refractivity contribution in [1.82, 2.24) is 15.5 Å². The van der Waals surface area contributed by atoms with Crippen molar-refractivity contribution in [1.29, 1.82) is 0 Å². The predicted octanol–water partition coefficient (Wildman–Crippen LogP) is 3.64. The molecular weight excluding hydrogens is 394 g/mol. The van der Waals surface area contributed by atoms with Crippen LogP contribution in [0.1, 0.15) is 66.0 Å². The van der Waals surface area contributed by atoms with Crippen LogP contribution in [0, 0.1) is 5.92 Å². The maximum Gasteiger partial charge on any atom is 0.410 e. The molecule has 2 heterocycles. The molecule has 1 saturated heterocycles. The Hall–Kier alpha value is -2.28. The number of fused-ring (bicyclic) bond motifs is 1. The number of piperidine rings is 1. The van der Waals surface area contributed by atoms with E-state index in [-0.39, 0.29) is 36.2 Å². The summed E-state index contributed by atoms with van der Waals surface area (Å²) in [5, 5.41) is 6.66. The van der Waals surface area contributed by atoms with E-state index < -0.39 is 5.60 Å². The summed E-state index contributed by atoms with van der Waals surface area (Å²) >= 11 is 0. The largest absolute Gasteiger partial charge is 0.493 e. The molecule has 0 aliphatic carbocycles. The molecule has 7 nitrogen and oxygen atoms in total. The molecule has 0 unspecified atom stereocenters. The number of hydrogen-bond acceptors (Lipinski definition) is 5. The molecule has 0 spiro atoms. The lowest BCUT2D eigenvalue weighted by atomic mass is 9.87. The lowest BCUT2D eigenvalue weighted by Crippen LogP contribution is -2.61. The molecule has 2 amide bonds. The number of hydrogen-bond donors (Lipinski definition) is 2. The molecule has 31 heavy (non-hydrogen) atoms. The number of rotatable bonds is 4. The van der Waals surface area contributed by atoms with Crippen molar-refractivity contribution >= 4 is 12.0 Å². The number of amides is 2. The lowest BCUT2D eigenvalue weighted by Gasteiger charge is -2.44. The van der Waals surface area contributed by atoms with E-state index in [1.807, 2.05) is 58.9 Å². The fourth-order valence-electron chi connectivity index (χ4n) is 4.43. The van der Waals surface area contributed by atoms with Gasteiger partial charge < -0.3 is 25.0 Å². The molecule has 1 aromatic rings. The molecule has 0 saturated carbocycles. The quantitative estimate of drug-likeness (QED) is 0.761. The van der Waals surface area contributed by atoms with Gasteiger partial charge in [-0.05, 0) is 53.0 Å². The average molecular weight is 432 g/mol. The van der Waals surface area contributed by atoms with E-state index in [1.165, 1.54) is 0 Å². The number of nitrogens with one attached hydrogen (secondary N) is 2. The molecule has 7 heteroatoms. The summed E-state index contributed by atoms with van der Waals surface area (Å²) < 4.78 is 11.3. The van der Waals surface area contributed by atoms with E-state index >= 15 is 0 Å². The van der Waals surface area contributed by atoms with Gasteiger partial charge >= 0.3 is 6.09 Å². The van der Waals surface area contributed by atoms with Crippen molar-refractivity contribution in [3.8, 4) is 5.75 Å². The van der Waals surface area contributed by atoms with Gasteiger partial charge in [0.05, 0.1) is 18.7 Å². The number of benzene rings is 1. The van der Waals surface area contributed by atoms with Gasteiger partial charge in [0.15, 0.2) is 0 Å². The Kier molecular flexibility index (Phi) is 7.14. The van der Waals surface area contributed by atoms with E-state index in [1.54, 1.807) is 4.90 Å². The summed E-state index contributed by atoms with van der Waals surface area (Å²) in [4.78, 5) is 27.4. The van der Waals surface area contributed by atoms with Gasteiger partial charge in [0.25, 0.3) is 0 Å². The first-order valence-electron chi connectivity index (χ1n) is 11.3. The van der Waals surface area contributed by atoms with Crippen LogP contribution in [0.3, 0.4) is 0 Å². The summed E-state index contributed by atoms with van der Waals surface area (Å²) in [7, 11) is 0. The number of carbonyl (C=O) groups is 2. The summed E-state index contributed by atoms with van der Waals surface area (Å²) in [6.07, 6.45) is 1.32. The van der Waals surface area contributed by atoms with Crippen molar-refractivity contribution in [3.05, 3.63) is 29.8 Å². The monoisotopic (exact) mass is 431 g/mol. The molecule has 1 fully saturated rings. The molecule has 2 N–H and O–H groups in total. The molecule has 2 aliphatic rings. The van der Waals surface area contributed by atoms with Gasteiger partial charge in [-0.1, -0.05) is 25.1 Å². The van der Waals surface area contributed by atoms with Crippen molar-refractivity contribution < 1.29 is 19.1 Å². The zero-order valence-corrected chi connectivity index (χ0v) is 19.6. The number of para-hydroxylation sites is 1. The van der Waals surface area contributed by atoms with Gasteiger partial charge in [-0.15, -0.1) is 0 Å². The van der Waals surface area contributed by atoms with Crippen LogP contribution in [0.4, 0.5) is 4.79 Å². The molecule has 3 rings (SSSR count). The van der Waals surface area contributed by atoms with Gasteiger partial charge in [-0.2, -0.15) is 0 Å². The molecule has 172 valence electrons. The van der Waals surface area contributed by atoms with E-state index in [4.69, 9.17) is 9.47 Å². The minimum atomic E-state index is -0.532. The van der Waals surface area contributed by atoms with E-state index in [2.05, 4.69) is 17.6 Å². The molecule has 1 aromatic carbocycles. The minimum absolute atomic E-state index is 0.00370. The van der Waals surface area contributed by atoms with Crippen molar-refractivity contribution in [2.75, 3.05) is 13.2 Å². The first-order valence-corrected chi connectivity index (χ1v) is 11.3. The van der Waals surface area contributed by atoms with E-state index in [9.17, 15) is 9.59 Å². The Labute approximate surface area is 185 Å². The SMILES string of the molecule is C[C@H](N[C@@H]1[C@H](C)CCN(C(=O)OC(C)(C)C)[C@@H]1C)C(=O)N[C@H]1CCOc2ccccc21.